The van der Waals surface area contributed by atoms with E-state index >= 15 is 0 Å². The molecule has 11 heteroatoms. The van der Waals surface area contributed by atoms with Crippen LogP contribution in [0.15, 0.2) is 42.7 Å². The van der Waals surface area contributed by atoms with Crippen LogP contribution in [0.4, 0.5) is 11.5 Å². The zero-order chi connectivity index (χ0) is 23.9. The summed E-state index contributed by atoms with van der Waals surface area (Å²) in [6.07, 6.45) is 3.49. The van der Waals surface area contributed by atoms with Crippen molar-refractivity contribution in [2.75, 3.05) is 30.9 Å². The fraction of sp³-hybridized carbons (Fsp3) is 0.250. The number of hydrogen-bond donors (Lipinski definition) is 3. The van der Waals surface area contributed by atoms with Crippen LogP contribution in [-0.2, 0) is 0 Å². The van der Waals surface area contributed by atoms with Gasteiger partial charge in [0, 0.05) is 22.7 Å². The Kier molecular flexibility index (Phi) is 5.39. The molecule has 1 amide bonds. The summed E-state index contributed by atoms with van der Waals surface area (Å²) in [4.78, 5) is 21.5. The molecule has 10 nitrogen and oxygen atoms in total. The first-order valence-electron chi connectivity index (χ1n) is 11.3. The molecule has 4 heterocycles. The predicted octanol–water partition coefficient (Wildman–Crippen LogP) is 3.63. The van der Waals surface area contributed by atoms with Crippen molar-refractivity contribution in [3.63, 3.8) is 0 Å². The van der Waals surface area contributed by atoms with Crippen LogP contribution in [0.1, 0.15) is 29.2 Å². The second kappa shape index (κ2) is 8.71. The molecule has 178 valence electrons. The van der Waals surface area contributed by atoms with Gasteiger partial charge in [0.2, 0.25) is 6.79 Å². The molecule has 2 aliphatic rings. The molecule has 1 atom stereocenters. The highest BCUT2D eigenvalue weighted by Gasteiger charge is 2.29. The molecule has 0 aliphatic carbocycles. The summed E-state index contributed by atoms with van der Waals surface area (Å²) in [6.45, 7) is 1.81. The summed E-state index contributed by atoms with van der Waals surface area (Å²) in [6, 6.07) is 10.4. The van der Waals surface area contributed by atoms with Crippen molar-refractivity contribution in [1.29, 1.82) is 0 Å². The molecule has 6 rings (SSSR count). The monoisotopic (exact) mass is 491 g/mol. The summed E-state index contributed by atoms with van der Waals surface area (Å²) in [5.74, 6) is 0.967. The Morgan fingerprint density at radius 2 is 1.97 bits per heavy atom. The van der Waals surface area contributed by atoms with Crippen LogP contribution >= 0.6 is 11.6 Å². The molecule has 1 saturated heterocycles. The lowest BCUT2D eigenvalue weighted by Gasteiger charge is -2.23. The van der Waals surface area contributed by atoms with Crippen molar-refractivity contribution in [3.05, 3.63) is 53.3 Å². The Labute approximate surface area is 205 Å². The van der Waals surface area contributed by atoms with E-state index in [0.717, 1.165) is 25.9 Å². The fourth-order valence-corrected chi connectivity index (χ4v) is 4.68. The molecular weight excluding hydrogens is 470 g/mol. The van der Waals surface area contributed by atoms with Crippen LogP contribution in [-0.4, -0.2) is 45.5 Å². The lowest BCUT2D eigenvalue weighted by molar-refractivity contribution is 0.102. The standard InChI is InChI=1S/C24H22ClN7O3/c25-14-5-3-13(4-6-14)24(33)30-17-8-7-16(20-21(17)35-12-34-20)19-18-22(26)28-11-29-23(18)32(31-19)15-2-1-9-27-10-15/h3-8,11,15,27H,1-2,9-10,12H2,(H,30,33)(H2,26,28,29)/t15-/m1/s1. The van der Waals surface area contributed by atoms with Gasteiger partial charge in [0.05, 0.1) is 17.1 Å². The minimum atomic E-state index is -0.288. The van der Waals surface area contributed by atoms with E-state index in [-0.39, 0.29) is 18.7 Å². The number of rotatable bonds is 4. The van der Waals surface area contributed by atoms with Gasteiger partial charge in [-0.25, -0.2) is 14.6 Å². The second-order valence-electron chi connectivity index (χ2n) is 8.44. The number of hydrogen-bond acceptors (Lipinski definition) is 8. The first-order chi connectivity index (χ1) is 17.1. The first-order valence-corrected chi connectivity index (χ1v) is 11.7. The SMILES string of the molecule is Nc1ncnc2c1c(-c1ccc(NC(=O)c3ccc(Cl)cc3)c3c1OCO3)nn2[C@@H]1CCCNC1. The summed E-state index contributed by atoms with van der Waals surface area (Å²) >= 11 is 5.94. The van der Waals surface area contributed by atoms with Gasteiger partial charge in [0.15, 0.2) is 17.1 Å². The molecule has 2 aromatic heterocycles. The van der Waals surface area contributed by atoms with E-state index in [1.807, 2.05) is 10.7 Å². The van der Waals surface area contributed by atoms with Crippen molar-refractivity contribution < 1.29 is 14.3 Å². The average Bonchev–Trinajstić information content (AvgIpc) is 3.52. The van der Waals surface area contributed by atoms with E-state index in [9.17, 15) is 4.79 Å². The smallest absolute Gasteiger partial charge is 0.255 e. The van der Waals surface area contributed by atoms with Gasteiger partial charge in [-0.2, -0.15) is 5.10 Å². The number of anilines is 2. The summed E-state index contributed by atoms with van der Waals surface area (Å²) in [7, 11) is 0. The van der Waals surface area contributed by atoms with E-state index in [4.69, 9.17) is 31.9 Å². The molecule has 35 heavy (non-hydrogen) atoms. The molecular formula is C24H22ClN7O3. The Morgan fingerprint density at radius 3 is 2.77 bits per heavy atom. The molecule has 1 fully saturated rings. The number of carbonyl (C=O) groups excluding carboxylic acids is 1. The maximum Gasteiger partial charge on any atom is 0.255 e. The molecule has 0 radical (unpaired) electrons. The van der Waals surface area contributed by atoms with Gasteiger partial charge in [0.1, 0.15) is 17.8 Å². The largest absolute Gasteiger partial charge is 0.453 e. The Bertz CT molecular complexity index is 1430. The summed E-state index contributed by atoms with van der Waals surface area (Å²) < 4.78 is 13.5. The third kappa shape index (κ3) is 3.80. The highest BCUT2D eigenvalue weighted by Crippen LogP contribution is 2.48. The molecule has 4 aromatic rings. The number of benzene rings is 2. The number of piperidine rings is 1. The number of fused-ring (bicyclic) bond motifs is 2. The molecule has 0 unspecified atom stereocenters. The number of halogens is 1. The highest BCUT2D eigenvalue weighted by molar-refractivity contribution is 6.30. The predicted molar refractivity (Wildman–Crippen MR) is 132 cm³/mol. The number of nitrogens with one attached hydrogen (secondary N) is 2. The zero-order valence-electron chi connectivity index (χ0n) is 18.6. The number of carbonyl (C=O) groups is 1. The Hall–Kier alpha value is -3.89. The van der Waals surface area contributed by atoms with Crippen LogP contribution in [0.25, 0.3) is 22.3 Å². The molecule has 2 aliphatic heterocycles. The van der Waals surface area contributed by atoms with Gasteiger partial charge in [-0.1, -0.05) is 11.6 Å². The van der Waals surface area contributed by atoms with Gasteiger partial charge in [0.25, 0.3) is 5.91 Å². The number of amides is 1. The topological polar surface area (TPSA) is 129 Å². The Morgan fingerprint density at radius 1 is 1.14 bits per heavy atom. The van der Waals surface area contributed by atoms with Crippen molar-refractivity contribution in [1.82, 2.24) is 25.1 Å². The highest BCUT2D eigenvalue weighted by atomic mass is 35.5. The lowest BCUT2D eigenvalue weighted by Crippen LogP contribution is -2.32. The zero-order valence-corrected chi connectivity index (χ0v) is 19.4. The van der Waals surface area contributed by atoms with Crippen LogP contribution in [0.2, 0.25) is 5.02 Å². The van der Waals surface area contributed by atoms with Crippen molar-refractivity contribution in [2.45, 2.75) is 18.9 Å². The second-order valence-corrected chi connectivity index (χ2v) is 8.87. The third-order valence-corrected chi connectivity index (χ3v) is 6.52. The average molecular weight is 492 g/mol. The van der Waals surface area contributed by atoms with Crippen molar-refractivity contribution in [3.8, 4) is 22.8 Å². The molecule has 0 saturated carbocycles. The summed E-state index contributed by atoms with van der Waals surface area (Å²) in [5, 5.41) is 12.5. The maximum absolute atomic E-state index is 12.8. The number of ether oxygens (including phenoxy) is 2. The van der Waals surface area contributed by atoms with E-state index in [1.54, 1.807) is 30.3 Å². The number of nitrogens with zero attached hydrogens (tertiary/aromatic N) is 4. The van der Waals surface area contributed by atoms with Gasteiger partial charge < -0.3 is 25.8 Å². The van der Waals surface area contributed by atoms with Gasteiger partial charge in [-0.15, -0.1) is 0 Å². The normalized spacial score (nSPS) is 17.0. The number of nitrogens with two attached hydrogens (primary N) is 1. The van der Waals surface area contributed by atoms with Crippen LogP contribution in [0, 0.1) is 0 Å². The Balaban J connectivity index is 1.42. The third-order valence-electron chi connectivity index (χ3n) is 6.26. The van der Waals surface area contributed by atoms with Crippen LogP contribution in [0.3, 0.4) is 0 Å². The van der Waals surface area contributed by atoms with E-state index in [1.165, 1.54) is 6.33 Å². The minimum Gasteiger partial charge on any atom is -0.453 e. The maximum atomic E-state index is 12.8. The van der Waals surface area contributed by atoms with E-state index in [0.29, 0.717) is 55.9 Å². The van der Waals surface area contributed by atoms with Gasteiger partial charge in [-0.3, -0.25) is 4.79 Å². The van der Waals surface area contributed by atoms with E-state index < -0.39 is 0 Å². The fourth-order valence-electron chi connectivity index (χ4n) is 4.56. The van der Waals surface area contributed by atoms with Crippen molar-refractivity contribution >= 4 is 40.0 Å². The molecule has 0 bridgehead atoms. The number of aromatic nitrogens is 4. The van der Waals surface area contributed by atoms with E-state index in [2.05, 4.69) is 20.6 Å². The molecule has 0 spiro atoms. The first kappa shape index (κ1) is 21.6. The van der Waals surface area contributed by atoms with Crippen LogP contribution in [0.5, 0.6) is 11.5 Å². The van der Waals surface area contributed by atoms with Crippen LogP contribution < -0.4 is 25.8 Å². The lowest BCUT2D eigenvalue weighted by atomic mass is 10.1. The van der Waals surface area contributed by atoms with Gasteiger partial charge >= 0.3 is 0 Å². The number of nitrogen functional groups attached to an aromatic ring is 1. The quantitative estimate of drug-likeness (QED) is 0.394. The minimum absolute atomic E-state index is 0.0212. The summed E-state index contributed by atoms with van der Waals surface area (Å²) in [5.41, 5.74) is 9.24. The van der Waals surface area contributed by atoms with Crippen molar-refractivity contribution in [2.24, 2.45) is 0 Å². The molecule has 4 N–H and O–H groups in total. The van der Waals surface area contributed by atoms with Gasteiger partial charge in [-0.05, 0) is 55.8 Å². The molecule has 2 aromatic carbocycles.